The molecular formula is C13H24N4S. The molecule has 102 valence electrons. The smallest absolute Gasteiger partial charge is 0.0641 e. The monoisotopic (exact) mass is 268 g/mol. The second kappa shape index (κ2) is 6.59. The van der Waals surface area contributed by atoms with Gasteiger partial charge in [-0.15, -0.1) is 0 Å². The van der Waals surface area contributed by atoms with Crippen LogP contribution < -0.4 is 11.3 Å². The molecule has 3 N–H and O–H groups in total. The molecule has 0 bridgehead atoms. The van der Waals surface area contributed by atoms with Crippen molar-refractivity contribution in [1.29, 1.82) is 0 Å². The highest BCUT2D eigenvalue weighted by Crippen LogP contribution is 2.28. The summed E-state index contributed by atoms with van der Waals surface area (Å²) in [5.74, 6) is 6.99. The van der Waals surface area contributed by atoms with Crippen molar-refractivity contribution in [2.75, 3.05) is 5.75 Å². The summed E-state index contributed by atoms with van der Waals surface area (Å²) in [5.41, 5.74) is 4.13. The number of hydrogen-bond donors (Lipinski definition) is 2. The van der Waals surface area contributed by atoms with Crippen molar-refractivity contribution in [3.05, 3.63) is 18.0 Å². The van der Waals surface area contributed by atoms with Gasteiger partial charge in [-0.2, -0.15) is 16.9 Å². The Morgan fingerprint density at radius 3 is 2.94 bits per heavy atom. The van der Waals surface area contributed by atoms with Crippen molar-refractivity contribution in [3.8, 4) is 0 Å². The highest BCUT2D eigenvalue weighted by Gasteiger charge is 2.24. The summed E-state index contributed by atoms with van der Waals surface area (Å²) < 4.78 is 2.01. The zero-order valence-corrected chi connectivity index (χ0v) is 12.1. The minimum atomic E-state index is 0.339. The summed E-state index contributed by atoms with van der Waals surface area (Å²) in [7, 11) is 0. The van der Waals surface area contributed by atoms with Crippen LogP contribution in [0.15, 0.2) is 12.3 Å². The first kappa shape index (κ1) is 13.9. The molecule has 1 aromatic rings. The fraction of sp³-hybridized carbons (Fsp3) is 0.769. The molecule has 1 fully saturated rings. The van der Waals surface area contributed by atoms with Crippen LogP contribution in [0.4, 0.5) is 0 Å². The Kier molecular flexibility index (Phi) is 5.09. The molecule has 2 unspecified atom stereocenters. The number of nitrogens with one attached hydrogen (secondary N) is 1. The molecule has 18 heavy (non-hydrogen) atoms. The summed E-state index contributed by atoms with van der Waals surface area (Å²) in [5, 5.41) is 5.24. The van der Waals surface area contributed by atoms with E-state index in [1.165, 1.54) is 25.0 Å². The van der Waals surface area contributed by atoms with Crippen LogP contribution in [0.5, 0.6) is 0 Å². The van der Waals surface area contributed by atoms with Crippen LogP contribution in [-0.2, 0) is 6.42 Å². The number of rotatable bonds is 5. The maximum atomic E-state index is 5.72. The van der Waals surface area contributed by atoms with Crippen molar-refractivity contribution in [2.45, 2.75) is 56.9 Å². The van der Waals surface area contributed by atoms with Crippen molar-refractivity contribution in [1.82, 2.24) is 15.2 Å². The van der Waals surface area contributed by atoms with E-state index in [-0.39, 0.29) is 0 Å². The standard InChI is InChI=1S/C13H24N4S/c1-10(2)17-7-6-11(16-17)9-12(15-14)13-5-3-4-8-18-13/h6-7,10,12-13,15H,3-5,8-9,14H2,1-2H3. The summed E-state index contributed by atoms with van der Waals surface area (Å²) in [6.45, 7) is 4.29. The molecule has 1 aromatic heterocycles. The minimum Gasteiger partial charge on any atom is -0.271 e. The number of aromatic nitrogens is 2. The molecule has 1 aliphatic rings. The molecule has 1 saturated heterocycles. The molecule has 0 amide bonds. The predicted molar refractivity (Wildman–Crippen MR) is 77.5 cm³/mol. The fourth-order valence-corrected chi connectivity index (χ4v) is 3.79. The van der Waals surface area contributed by atoms with Crippen molar-refractivity contribution in [2.24, 2.45) is 5.84 Å². The van der Waals surface area contributed by atoms with E-state index in [1.54, 1.807) is 0 Å². The molecule has 0 aliphatic carbocycles. The molecule has 1 aliphatic heterocycles. The van der Waals surface area contributed by atoms with Gasteiger partial charge < -0.3 is 0 Å². The summed E-state index contributed by atoms with van der Waals surface area (Å²) in [4.78, 5) is 0. The van der Waals surface area contributed by atoms with Gasteiger partial charge in [-0.1, -0.05) is 6.42 Å². The van der Waals surface area contributed by atoms with Gasteiger partial charge >= 0.3 is 0 Å². The van der Waals surface area contributed by atoms with Crippen LogP contribution >= 0.6 is 11.8 Å². The lowest BCUT2D eigenvalue weighted by molar-refractivity contribution is 0.460. The van der Waals surface area contributed by atoms with Crippen LogP contribution in [-0.4, -0.2) is 26.8 Å². The van der Waals surface area contributed by atoms with E-state index >= 15 is 0 Å². The number of nitrogens with two attached hydrogens (primary N) is 1. The Morgan fingerprint density at radius 1 is 1.56 bits per heavy atom. The lowest BCUT2D eigenvalue weighted by Gasteiger charge is -2.28. The van der Waals surface area contributed by atoms with Crippen LogP contribution in [0.2, 0.25) is 0 Å². The SMILES string of the molecule is CC(C)n1ccc(CC(NN)C2CCCCS2)n1. The van der Waals surface area contributed by atoms with E-state index in [4.69, 9.17) is 5.84 Å². The first-order valence-corrected chi connectivity index (χ1v) is 7.87. The normalized spacial score (nSPS) is 22.3. The Bertz CT molecular complexity index is 358. The van der Waals surface area contributed by atoms with Crippen LogP contribution in [0.25, 0.3) is 0 Å². The molecule has 0 aromatic carbocycles. The van der Waals surface area contributed by atoms with Gasteiger partial charge in [0.15, 0.2) is 0 Å². The third-order valence-electron chi connectivity index (χ3n) is 3.50. The first-order chi connectivity index (χ1) is 8.70. The second-order valence-corrected chi connectivity index (χ2v) is 6.61. The van der Waals surface area contributed by atoms with Gasteiger partial charge in [0.05, 0.1) is 5.69 Å². The number of nitrogens with zero attached hydrogens (tertiary/aromatic N) is 2. The van der Waals surface area contributed by atoms with Crippen molar-refractivity contribution < 1.29 is 0 Å². The molecule has 0 spiro atoms. The summed E-state index contributed by atoms with van der Waals surface area (Å²) in [6, 6.07) is 2.87. The maximum Gasteiger partial charge on any atom is 0.0641 e. The van der Waals surface area contributed by atoms with Crippen molar-refractivity contribution in [3.63, 3.8) is 0 Å². The molecule has 0 radical (unpaired) electrons. The largest absolute Gasteiger partial charge is 0.271 e. The Hall–Kier alpha value is -0.520. The van der Waals surface area contributed by atoms with Gasteiger partial charge in [0.1, 0.15) is 0 Å². The molecule has 0 saturated carbocycles. The van der Waals surface area contributed by atoms with E-state index in [2.05, 4.69) is 48.4 Å². The van der Waals surface area contributed by atoms with Gasteiger partial charge in [0.2, 0.25) is 0 Å². The molecule has 2 rings (SSSR count). The predicted octanol–water partition coefficient (Wildman–Crippen LogP) is 2.12. The Morgan fingerprint density at radius 2 is 2.39 bits per heavy atom. The minimum absolute atomic E-state index is 0.339. The van der Waals surface area contributed by atoms with E-state index in [1.807, 2.05) is 4.68 Å². The topological polar surface area (TPSA) is 55.9 Å². The quantitative estimate of drug-likeness (QED) is 0.634. The zero-order chi connectivity index (χ0) is 13.0. The molecule has 2 atom stereocenters. The van der Waals surface area contributed by atoms with E-state index in [0.717, 1.165) is 12.1 Å². The molecular weight excluding hydrogens is 244 g/mol. The number of hydrogen-bond acceptors (Lipinski definition) is 4. The van der Waals surface area contributed by atoms with E-state index in [0.29, 0.717) is 17.3 Å². The first-order valence-electron chi connectivity index (χ1n) is 6.82. The highest BCUT2D eigenvalue weighted by atomic mass is 32.2. The average molecular weight is 268 g/mol. The third-order valence-corrected chi connectivity index (χ3v) is 5.02. The van der Waals surface area contributed by atoms with Crippen LogP contribution in [0.3, 0.4) is 0 Å². The Labute approximate surface area is 114 Å². The highest BCUT2D eigenvalue weighted by molar-refractivity contribution is 8.00. The van der Waals surface area contributed by atoms with E-state index < -0.39 is 0 Å². The van der Waals surface area contributed by atoms with Gasteiger partial charge in [-0.25, -0.2) is 0 Å². The lowest BCUT2D eigenvalue weighted by atomic mass is 10.0. The van der Waals surface area contributed by atoms with Gasteiger partial charge in [0, 0.05) is 30.0 Å². The fourth-order valence-electron chi connectivity index (χ4n) is 2.38. The second-order valence-electron chi connectivity index (χ2n) is 5.26. The maximum absolute atomic E-state index is 5.72. The molecule has 2 heterocycles. The van der Waals surface area contributed by atoms with Gasteiger partial charge in [-0.3, -0.25) is 16.0 Å². The lowest BCUT2D eigenvalue weighted by Crippen LogP contribution is -2.45. The zero-order valence-electron chi connectivity index (χ0n) is 11.3. The van der Waals surface area contributed by atoms with Crippen molar-refractivity contribution >= 4 is 11.8 Å². The van der Waals surface area contributed by atoms with E-state index in [9.17, 15) is 0 Å². The van der Waals surface area contributed by atoms with Gasteiger partial charge in [0.25, 0.3) is 0 Å². The summed E-state index contributed by atoms with van der Waals surface area (Å²) >= 11 is 2.05. The summed E-state index contributed by atoms with van der Waals surface area (Å²) in [6.07, 6.45) is 6.93. The average Bonchev–Trinajstić information content (AvgIpc) is 2.86. The number of thioether (sulfide) groups is 1. The molecule has 5 heteroatoms. The van der Waals surface area contributed by atoms with Crippen LogP contribution in [0.1, 0.15) is 44.8 Å². The van der Waals surface area contributed by atoms with Gasteiger partial charge in [-0.05, 0) is 38.5 Å². The molecule has 4 nitrogen and oxygen atoms in total. The van der Waals surface area contributed by atoms with Crippen LogP contribution in [0, 0.1) is 0 Å². The Balaban J connectivity index is 1.95. The third kappa shape index (κ3) is 3.49. The number of hydrazine groups is 1.